The first-order valence-electron chi connectivity index (χ1n) is 7.63. The van der Waals surface area contributed by atoms with Crippen molar-refractivity contribution in [2.45, 2.75) is 25.8 Å². The van der Waals surface area contributed by atoms with E-state index in [1.165, 1.54) is 29.7 Å². The maximum Gasteiger partial charge on any atom is 0.0888 e. The Kier molecular flexibility index (Phi) is 3.27. The molecule has 1 aliphatic carbocycles. The van der Waals surface area contributed by atoms with Crippen LogP contribution in [0.15, 0.2) is 48.7 Å². The van der Waals surface area contributed by atoms with Crippen molar-refractivity contribution in [1.82, 2.24) is 4.98 Å². The molecule has 110 valence electrons. The summed E-state index contributed by atoms with van der Waals surface area (Å²) >= 11 is 6.42. The molecule has 1 heterocycles. The molecule has 1 fully saturated rings. The van der Waals surface area contributed by atoms with Crippen LogP contribution >= 0.6 is 11.6 Å². The lowest BCUT2D eigenvalue weighted by atomic mass is 9.97. The van der Waals surface area contributed by atoms with Gasteiger partial charge < -0.3 is 5.32 Å². The number of anilines is 1. The topological polar surface area (TPSA) is 24.9 Å². The molecule has 1 aliphatic rings. The number of halogens is 1. The molecule has 1 saturated carbocycles. The van der Waals surface area contributed by atoms with E-state index < -0.39 is 0 Å². The van der Waals surface area contributed by atoms with Crippen LogP contribution in [0.25, 0.3) is 22.0 Å². The second kappa shape index (κ2) is 5.29. The van der Waals surface area contributed by atoms with E-state index >= 15 is 0 Å². The Morgan fingerprint density at radius 1 is 1.14 bits per heavy atom. The number of aromatic nitrogens is 1. The molecule has 0 aliphatic heterocycles. The van der Waals surface area contributed by atoms with Crippen molar-refractivity contribution in [1.29, 1.82) is 0 Å². The van der Waals surface area contributed by atoms with Crippen LogP contribution in [0.1, 0.15) is 18.4 Å². The minimum absolute atomic E-state index is 0.651. The Morgan fingerprint density at radius 2 is 2.00 bits per heavy atom. The van der Waals surface area contributed by atoms with Crippen molar-refractivity contribution >= 4 is 28.2 Å². The zero-order chi connectivity index (χ0) is 15.1. The molecule has 0 unspecified atom stereocenters. The van der Waals surface area contributed by atoms with E-state index in [1.54, 1.807) is 6.20 Å². The fourth-order valence-corrected chi connectivity index (χ4v) is 3.13. The maximum absolute atomic E-state index is 6.42. The third-order valence-corrected chi connectivity index (χ3v) is 4.53. The minimum Gasteiger partial charge on any atom is -0.382 e. The first-order chi connectivity index (χ1) is 10.7. The van der Waals surface area contributed by atoms with Crippen LogP contribution in [0.2, 0.25) is 5.02 Å². The third-order valence-electron chi connectivity index (χ3n) is 4.24. The molecule has 1 aromatic heterocycles. The number of hydrogen-bond donors (Lipinski definition) is 1. The van der Waals surface area contributed by atoms with Gasteiger partial charge >= 0.3 is 0 Å². The summed E-state index contributed by atoms with van der Waals surface area (Å²) in [5.74, 6) is 0. The first kappa shape index (κ1) is 13.6. The molecular formula is C19H17ClN2. The van der Waals surface area contributed by atoms with Gasteiger partial charge in [0.25, 0.3) is 0 Å². The number of hydrogen-bond acceptors (Lipinski definition) is 2. The van der Waals surface area contributed by atoms with Crippen molar-refractivity contribution in [3.63, 3.8) is 0 Å². The van der Waals surface area contributed by atoms with Gasteiger partial charge in [0.05, 0.1) is 10.5 Å². The largest absolute Gasteiger partial charge is 0.382 e. The number of nitrogens with one attached hydrogen (secondary N) is 1. The molecule has 0 spiro atoms. The molecule has 4 rings (SSSR count). The maximum atomic E-state index is 6.42. The van der Waals surface area contributed by atoms with E-state index in [2.05, 4.69) is 47.6 Å². The highest BCUT2D eigenvalue weighted by atomic mass is 35.5. The number of benzene rings is 2. The molecule has 0 bridgehead atoms. The van der Waals surface area contributed by atoms with Crippen molar-refractivity contribution in [3.05, 3.63) is 59.2 Å². The van der Waals surface area contributed by atoms with Crippen molar-refractivity contribution < 1.29 is 0 Å². The average Bonchev–Trinajstić information content (AvgIpc) is 3.33. The van der Waals surface area contributed by atoms with Crippen LogP contribution in [-0.4, -0.2) is 11.0 Å². The van der Waals surface area contributed by atoms with Crippen molar-refractivity contribution in [2.75, 3.05) is 5.32 Å². The quantitative estimate of drug-likeness (QED) is 0.697. The number of rotatable bonds is 3. The molecule has 1 N–H and O–H groups in total. The summed E-state index contributed by atoms with van der Waals surface area (Å²) in [6, 6.07) is 15.2. The van der Waals surface area contributed by atoms with Gasteiger partial charge in [-0.1, -0.05) is 29.8 Å². The molecule has 0 radical (unpaired) electrons. The summed E-state index contributed by atoms with van der Waals surface area (Å²) in [6.45, 7) is 2.17. The standard InChI is InChI=1S/C19H17ClN2/c1-12-16(5-2-6-18(12)22-15-7-8-15)14-10-13-4-3-9-21-19(13)17(20)11-14/h2-6,9-11,15,22H,7-8H2,1H3. The molecule has 3 heteroatoms. The van der Waals surface area contributed by atoms with Crippen LogP contribution in [-0.2, 0) is 0 Å². The minimum atomic E-state index is 0.651. The van der Waals surface area contributed by atoms with Crippen LogP contribution in [0.5, 0.6) is 0 Å². The Hall–Kier alpha value is -2.06. The van der Waals surface area contributed by atoms with E-state index in [4.69, 9.17) is 11.6 Å². The van der Waals surface area contributed by atoms with Crippen LogP contribution in [0.3, 0.4) is 0 Å². The monoisotopic (exact) mass is 308 g/mol. The Balaban J connectivity index is 1.84. The van der Waals surface area contributed by atoms with Gasteiger partial charge in [-0.05, 0) is 60.7 Å². The first-order valence-corrected chi connectivity index (χ1v) is 8.01. The number of pyridine rings is 1. The van der Waals surface area contributed by atoms with Gasteiger partial charge in [-0.15, -0.1) is 0 Å². The number of nitrogens with zero attached hydrogens (tertiary/aromatic N) is 1. The van der Waals surface area contributed by atoms with Crippen molar-refractivity contribution in [2.24, 2.45) is 0 Å². The highest BCUT2D eigenvalue weighted by molar-refractivity contribution is 6.35. The zero-order valence-electron chi connectivity index (χ0n) is 12.4. The molecule has 0 saturated heterocycles. The van der Waals surface area contributed by atoms with E-state index in [9.17, 15) is 0 Å². The van der Waals surface area contributed by atoms with Gasteiger partial charge in [-0.2, -0.15) is 0 Å². The smallest absolute Gasteiger partial charge is 0.0888 e. The Bertz CT molecular complexity index is 853. The molecule has 0 amide bonds. The van der Waals surface area contributed by atoms with Crippen LogP contribution in [0, 0.1) is 6.92 Å². The summed E-state index contributed by atoms with van der Waals surface area (Å²) in [6.07, 6.45) is 4.33. The third kappa shape index (κ3) is 2.44. The van der Waals surface area contributed by atoms with E-state index in [-0.39, 0.29) is 0 Å². The molecular weight excluding hydrogens is 292 g/mol. The van der Waals surface area contributed by atoms with Gasteiger partial charge in [0.1, 0.15) is 0 Å². The lowest BCUT2D eigenvalue weighted by Crippen LogP contribution is -2.03. The molecule has 2 nitrogen and oxygen atoms in total. The zero-order valence-corrected chi connectivity index (χ0v) is 13.2. The van der Waals surface area contributed by atoms with E-state index in [1.807, 2.05) is 12.1 Å². The second-order valence-electron chi connectivity index (χ2n) is 5.93. The lowest BCUT2D eigenvalue weighted by molar-refractivity contribution is 1.15. The normalized spacial score (nSPS) is 14.3. The van der Waals surface area contributed by atoms with Gasteiger partial charge in [0.2, 0.25) is 0 Å². The highest BCUT2D eigenvalue weighted by Gasteiger charge is 2.21. The predicted molar refractivity (Wildman–Crippen MR) is 93.6 cm³/mol. The van der Waals surface area contributed by atoms with Crippen LogP contribution < -0.4 is 5.32 Å². The van der Waals surface area contributed by atoms with Crippen molar-refractivity contribution in [3.8, 4) is 11.1 Å². The van der Waals surface area contributed by atoms with Crippen LogP contribution in [0.4, 0.5) is 5.69 Å². The van der Waals surface area contributed by atoms with Gasteiger partial charge in [-0.25, -0.2) is 0 Å². The SMILES string of the molecule is Cc1c(NC2CC2)cccc1-c1cc(Cl)c2ncccc2c1. The van der Waals surface area contributed by atoms with Gasteiger partial charge in [0, 0.05) is 23.3 Å². The highest BCUT2D eigenvalue weighted by Crippen LogP contribution is 2.35. The Morgan fingerprint density at radius 3 is 2.82 bits per heavy atom. The summed E-state index contributed by atoms with van der Waals surface area (Å²) in [5.41, 5.74) is 5.72. The Labute approximate surface area is 135 Å². The number of fused-ring (bicyclic) bond motifs is 1. The lowest BCUT2D eigenvalue weighted by Gasteiger charge is -2.14. The summed E-state index contributed by atoms with van der Waals surface area (Å²) in [5, 5.41) is 5.38. The predicted octanol–water partition coefficient (Wildman–Crippen LogP) is 5.44. The molecule has 3 aromatic rings. The summed E-state index contributed by atoms with van der Waals surface area (Å²) in [4.78, 5) is 4.36. The van der Waals surface area contributed by atoms with E-state index in [0.717, 1.165) is 16.5 Å². The van der Waals surface area contributed by atoms with Gasteiger partial charge in [0.15, 0.2) is 0 Å². The molecule has 2 aromatic carbocycles. The van der Waals surface area contributed by atoms with Gasteiger partial charge in [-0.3, -0.25) is 4.98 Å². The summed E-state index contributed by atoms with van der Waals surface area (Å²) < 4.78 is 0. The van der Waals surface area contributed by atoms with E-state index in [0.29, 0.717) is 11.1 Å². The average molecular weight is 309 g/mol. The second-order valence-corrected chi connectivity index (χ2v) is 6.34. The fourth-order valence-electron chi connectivity index (χ4n) is 2.86. The summed E-state index contributed by atoms with van der Waals surface area (Å²) in [7, 11) is 0. The molecule has 22 heavy (non-hydrogen) atoms. The fraction of sp³-hybridized carbons (Fsp3) is 0.211. The molecule has 0 atom stereocenters.